The quantitative estimate of drug-likeness (QED) is 0.391. The number of unbranched alkanes of at least 4 members (excludes halogenated alkanes) is 2. The fourth-order valence-corrected chi connectivity index (χ4v) is 2.01. The molecule has 1 rings (SSSR count). The smallest absolute Gasteiger partial charge is 0.243 e. The van der Waals surface area contributed by atoms with Crippen LogP contribution >= 0.6 is 0 Å². The first-order valence-corrected chi connectivity index (χ1v) is 7.82. The Morgan fingerprint density at radius 3 is 2.86 bits per heavy atom. The molecule has 0 bridgehead atoms. The van der Waals surface area contributed by atoms with Crippen molar-refractivity contribution in [1.82, 2.24) is 15.6 Å². The van der Waals surface area contributed by atoms with Gasteiger partial charge in [-0.2, -0.15) is 0 Å². The molecule has 1 aromatic rings. The molecule has 0 aliphatic carbocycles. The van der Waals surface area contributed by atoms with Crippen LogP contribution in [0.5, 0.6) is 0 Å². The highest BCUT2D eigenvalue weighted by atomic mass is 16.1. The Balaban J connectivity index is 2.29. The van der Waals surface area contributed by atoms with E-state index < -0.39 is 0 Å². The van der Waals surface area contributed by atoms with Crippen LogP contribution < -0.4 is 16.0 Å². The summed E-state index contributed by atoms with van der Waals surface area (Å²) in [4.78, 5) is 19.9. The molecule has 0 saturated heterocycles. The Bertz CT molecular complexity index is 461. The summed E-state index contributed by atoms with van der Waals surface area (Å²) in [5.41, 5.74) is 0.685. The second-order valence-corrected chi connectivity index (χ2v) is 5.26. The van der Waals surface area contributed by atoms with Crippen LogP contribution in [-0.2, 0) is 4.79 Å². The van der Waals surface area contributed by atoms with Crippen LogP contribution in [0.25, 0.3) is 0 Å². The number of guanidine groups is 1. The van der Waals surface area contributed by atoms with Gasteiger partial charge in [-0.25, -0.2) is 0 Å². The molecule has 0 aliphatic rings. The van der Waals surface area contributed by atoms with Gasteiger partial charge in [-0.1, -0.05) is 26.2 Å². The lowest BCUT2D eigenvalue weighted by Crippen LogP contribution is -2.44. The summed E-state index contributed by atoms with van der Waals surface area (Å²) in [6, 6.07) is 3.91. The lowest BCUT2D eigenvalue weighted by Gasteiger charge is -2.17. The SMILES string of the molecule is CCCCCC(C)NC(=NC)NCC(=O)Nc1cccnc1. The van der Waals surface area contributed by atoms with Crippen molar-refractivity contribution in [2.45, 2.75) is 45.6 Å². The summed E-state index contributed by atoms with van der Waals surface area (Å²) in [6.45, 7) is 4.48. The number of hydrogen-bond acceptors (Lipinski definition) is 3. The average Bonchev–Trinajstić information content (AvgIpc) is 2.52. The molecular formula is C16H27N5O. The van der Waals surface area contributed by atoms with Gasteiger partial charge in [-0.15, -0.1) is 0 Å². The van der Waals surface area contributed by atoms with Crippen LogP contribution in [0.4, 0.5) is 5.69 Å². The van der Waals surface area contributed by atoms with Crippen LogP contribution in [0.3, 0.4) is 0 Å². The minimum Gasteiger partial charge on any atom is -0.354 e. The summed E-state index contributed by atoms with van der Waals surface area (Å²) in [6.07, 6.45) is 8.03. The number of pyridine rings is 1. The van der Waals surface area contributed by atoms with E-state index >= 15 is 0 Å². The molecule has 0 saturated carbocycles. The topological polar surface area (TPSA) is 78.4 Å². The maximum absolute atomic E-state index is 11.8. The third kappa shape index (κ3) is 7.61. The van der Waals surface area contributed by atoms with E-state index in [1.807, 2.05) is 0 Å². The Morgan fingerprint density at radius 2 is 2.23 bits per heavy atom. The van der Waals surface area contributed by atoms with Crippen LogP contribution in [0, 0.1) is 0 Å². The van der Waals surface area contributed by atoms with E-state index in [4.69, 9.17) is 0 Å². The zero-order valence-corrected chi connectivity index (χ0v) is 13.7. The summed E-state index contributed by atoms with van der Waals surface area (Å²) in [7, 11) is 1.70. The number of carbonyl (C=O) groups is 1. The Hall–Kier alpha value is -2.11. The standard InChI is InChI=1S/C16H27N5O/c1-4-5-6-8-13(2)20-16(17-3)19-12-15(22)21-14-9-7-10-18-11-14/h7,9-11,13H,4-6,8,12H2,1-3H3,(H,21,22)(H2,17,19,20). The molecule has 0 fully saturated rings. The molecule has 1 atom stereocenters. The average molecular weight is 305 g/mol. The zero-order chi connectivity index (χ0) is 16.2. The first-order chi connectivity index (χ1) is 10.7. The first-order valence-electron chi connectivity index (χ1n) is 7.82. The van der Waals surface area contributed by atoms with Gasteiger partial charge in [0.15, 0.2) is 5.96 Å². The van der Waals surface area contributed by atoms with Gasteiger partial charge in [0.1, 0.15) is 0 Å². The Kier molecular flexibility index (Phi) is 8.64. The van der Waals surface area contributed by atoms with Crippen molar-refractivity contribution in [3.63, 3.8) is 0 Å². The van der Waals surface area contributed by atoms with Crippen LogP contribution in [-0.4, -0.2) is 36.5 Å². The minimum atomic E-state index is -0.130. The zero-order valence-electron chi connectivity index (χ0n) is 13.7. The number of anilines is 1. The van der Waals surface area contributed by atoms with Crippen molar-refractivity contribution in [2.24, 2.45) is 4.99 Å². The molecule has 122 valence electrons. The summed E-state index contributed by atoms with van der Waals surface area (Å²) < 4.78 is 0. The molecule has 1 heterocycles. The number of rotatable bonds is 8. The fourth-order valence-electron chi connectivity index (χ4n) is 2.01. The molecular weight excluding hydrogens is 278 g/mol. The van der Waals surface area contributed by atoms with Gasteiger partial charge in [0.25, 0.3) is 0 Å². The number of aromatic nitrogens is 1. The highest BCUT2D eigenvalue weighted by Crippen LogP contribution is 2.03. The van der Waals surface area contributed by atoms with Gasteiger partial charge in [-0.3, -0.25) is 14.8 Å². The third-order valence-electron chi connectivity index (χ3n) is 3.21. The molecule has 1 amide bonds. The predicted molar refractivity (Wildman–Crippen MR) is 91.0 cm³/mol. The van der Waals surface area contributed by atoms with Crippen molar-refractivity contribution < 1.29 is 4.79 Å². The molecule has 6 nitrogen and oxygen atoms in total. The van der Waals surface area contributed by atoms with Crippen LogP contribution in [0.1, 0.15) is 39.5 Å². The fraction of sp³-hybridized carbons (Fsp3) is 0.562. The summed E-state index contributed by atoms with van der Waals surface area (Å²) >= 11 is 0. The molecule has 3 N–H and O–H groups in total. The van der Waals surface area contributed by atoms with E-state index in [1.54, 1.807) is 31.6 Å². The van der Waals surface area contributed by atoms with Crippen LogP contribution in [0.2, 0.25) is 0 Å². The molecule has 1 unspecified atom stereocenters. The second kappa shape index (κ2) is 10.6. The lowest BCUT2D eigenvalue weighted by atomic mass is 10.1. The van der Waals surface area contributed by atoms with E-state index in [0.717, 1.165) is 6.42 Å². The monoisotopic (exact) mass is 305 g/mol. The number of amides is 1. The third-order valence-corrected chi connectivity index (χ3v) is 3.21. The molecule has 6 heteroatoms. The normalized spacial score (nSPS) is 12.6. The number of carbonyl (C=O) groups excluding carboxylic acids is 1. The van der Waals surface area contributed by atoms with Crippen LogP contribution in [0.15, 0.2) is 29.5 Å². The largest absolute Gasteiger partial charge is 0.354 e. The molecule has 1 aromatic heterocycles. The van der Waals surface area contributed by atoms with Gasteiger partial charge < -0.3 is 16.0 Å². The van der Waals surface area contributed by atoms with E-state index in [2.05, 4.69) is 39.8 Å². The van der Waals surface area contributed by atoms with Crippen molar-refractivity contribution in [1.29, 1.82) is 0 Å². The maximum Gasteiger partial charge on any atom is 0.243 e. The molecule has 0 aliphatic heterocycles. The van der Waals surface area contributed by atoms with Gasteiger partial charge in [-0.05, 0) is 25.5 Å². The summed E-state index contributed by atoms with van der Waals surface area (Å²) in [5, 5.41) is 9.08. The van der Waals surface area contributed by atoms with Gasteiger partial charge in [0.05, 0.1) is 18.4 Å². The number of nitrogens with zero attached hydrogens (tertiary/aromatic N) is 2. The lowest BCUT2D eigenvalue weighted by molar-refractivity contribution is -0.115. The molecule has 22 heavy (non-hydrogen) atoms. The van der Waals surface area contributed by atoms with E-state index in [-0.39, 0.29) is 12.5 Å². The van der Waals surface area contributed by atoms with E-state index in [0.29, 0.717) is 17.7 Å². The van der Waals surface area contributed by atoms with E-state index in [9.17, 15) is 4.79 Å². The highest BCUT2D eigenvalue weighted by molar-refractivity contribution is 5.94. The Labute approximate surface area is 132 Å². The number of aliphatic imine (C=N–C) groups is 1. The van der Waals surface area contributed by atoms with Gasteiger partial charge in [0.2, 0.25) is 5.91 Å². The highest BCUT2D eigenvalue weighted by Gasteiger charge is 2.07. The molecule has 0 aromatic carbocycles. The van der Waals surface area contributed by atoms with Crippen molar-refractivity contribution in [3.05, 3.63) is 24.5 Å². The van der Waals surface area contributed by atoms with Gasteiger partial charge >= 0.3 is 0 Å². The number of hydrogen-bond donors (Lipinski definition) is 3. The summed E-state index contributed by atoms with van der Waals surface area (Å²) in [5.74, 6) is 0.514. The van der Waals surface area contributed by atoms with Crippen molar-refractivity contribution >= 4 is 17.6 Å². The molecule has 0 radical (unpaired) electrons. The Morgan fingerprint density at radius 1 is 1.41 bits per heavy atom. The maximum atomic E-state index is 11.8. The second-order valence-electron chi connectivity index (χ2n) is 5.26. The van der Waals surface area contributed by atoms with Crippen molar-refractivity contribution in [2.75, 3.05) is 18.9 Å². The first kappa shape index (κ1) is 17.9. The predicted octanol–water partition coefficient (Wildman–Crippen LogP) is 2.15. The van der Waals surface area contributed by atoms with Crippen molar-refractivity contribution in [3.8, 4) is 0 Å². The molecule has 0 spiro atoms. The van der Waals surface area contributed by atoms with E-state index in [1.165, 1.54) is 19.3 Å². The number of nitrogens with one attached hydrogen (secondary N) is 3. The van der Waals surface area contributed by atoms with Gasteiger partial charge in [0, 0.05) is 19.3 Å². The minimum absolute atomic E-state index is 0.130.